The van der Waals surface area contributed by atoms with Crippen LogP contribution in [0.2, 0.25) is 0 Å². The number of amides is 3. The molecule has 0 aromatic heterocycles. The van der Waals surface area contributed by atoms with Gasteiger partial charge in [0.25, 0.3) is 5.69 Å². The van der Waals surface area contributed by atoms with Gasteiger partial charge in [-0.2, -0.15) is 0 Å². The topological polar surface area (TPSA) is 119 Å². The summed E-state index contributed by atoms with van der Waals surface area (Å²) >= 11 is 0. The maximum absolute atomic E-state index is 14.0. The lowest BCUT2D eigenvalue weighted by Crippen LogP contribution is -2.46. The molecule has 2 heterocycles. The second kappa shape index (κ2) is 11.2. The fourth-order valence-electron chi connectivity index (χ4n) is 5.06. The van der Waals surface area contributed by atoms with Gasteiger partial charge < -0.3 is 14.4 Å². The molecule has 2 saturated heterocycles. The monoisotopic (exact) mass is 523 g/mol. The first kappa shape index (κ1) is 27.1. The number of carbonyl (C=O) groups is 3. The van der Waals surface area contributed by atoms with Gasteiger partial charge in [0.2, 0.25) is 5.91 Å². The van der Waals surface area contributed by atoms with Crippen molar-refractivity contribution in [2.24, 2.45) is 11.8 Å². The second-order valence-corrected chi connectivity index (χ2v) is 10.8. The molecule has 2 fully saturated rings. The van der Waals surface area contributed by atoms with E-state index in [1.54, 1.807) is 37.8 Å². The molecule has 2 aromatic carbocycles. The molecule has 0 N–H and O–H groups in total. The number of nitrogens with zero attached hydrogens (tertiary/aromatic N) is 3. The van der Waals surface area contributed by atoms with Crippen LogP contribution in [0.4, 0.5) is 15.3 Å². The molecule has 38 heavy (non-hydrogen) atoms. The SMILES string of the molecule is CC(C)(C)OC(=O)N1CC[C@H](C(Cc2cccc([N+](=O)[O-])c2)C(=O)N2C(=O)OC[C@@H]2Cc2ccccc2)C1. The Balaban J connectivity index is 1.59. The van der Waals surface area contributed by atoms with E-state index in [0.717, 1.165) is 5.56 Å². The number of nitro benzene ring substituents is 1. The Labute approximate surface area is 221 Å². The summed E-state index contributed by atoms with van der Waals surface area (Å²) in [5.74, 6) is -1.34. The minimum Gasteiger partial charge on any atom is -0.447 e. The van der Waals surface area contributed by atoms with Gasteiger partial charge in [-0.25, -0.2) is 14.5 Å². The van der Waals surface area contributed by atoms with Gasteiger partial charge >= 0.3 is 12.2 Å². The first-order valence-corrected chi connectivity index (χ1v) is 12.8. The van der Waals surface area contributed by atoms with Crippen LogP contribution in [-0.2, 0) is 27.1 Å². The molecule has 1 unspecified atom stereocenters. The molecule has 0 spiro atoms. The maximum atomic E-state index is 14.0. The number of ether oxygens (including phenoxy) is 2. The van der Waals surface area contributed by atoms with Crippen molar-refractivity contribution in [3.8, 4) is 0 Å². The van der Waals surface area contributed by atoms with E-state index in [2.05, 4.69) is 0 Å². The Hall–Kier alpha value is -3.95. The second-order valence-electron chi connectivity index (χ2n) is 10.8. The molecule has 2 aliphatic heterocycles. The summed E-state index contributed by atoms with van der Waals surface area (Å²) in [4.78, 5) is 53.1. The van der Waals surface area contributed by atoms with Crippen LogP contribution >= 0.6 is 0 Å². The summed E-state index contributed by atoms with van der Waals surface area (Å²) < 4.78 is 10.8. The molecule has 2 aromatic rings. The van der Waals surface area contributed by atoms with Crippen LogP contribution in [0.5, 0.6) is 0 Å². The Kier molecular flexibility index (Phi) is 7.99. The molecule has 10 nitrogen and oxygen atoms in total. The van der Waals surface area contributed by atoms with Gasteiger partial charge in [0, 0.05) is 31.1 Å². The highest BCUT2D eigenvalue weighted by atomic mass is 16.6. The first-order chi connectivity index (χ1) is 18.0. The largest absolute Gasteiger partial charge is 0.447 e. The van der Waals surface area contributed by atoms with E-state index in [-0.39, 0.29) is 31.2 Å². The Morgan fingerprint density at radius 2 is 1.84 bits per heavy atom. The van der Waals surface area contributed by atoms with Gasteiger partial charge in [-0.1, -0.05) is 42.5 Å². The normalized spacial score (nSPS) is 20.2. The number of non-ortho nitro benzene ring substituents is 1. The van der Waals surface area contributed by atoms with Crippen LogP contribution in [0.25, 0.3) is 0 Å². The number of cyclic esters (lactones) is 1. The predicted molar refractivity (Wildman–Crippen MR) is 138 cm³/mol. The van der Waals surface area contributed by atoms with Crippen molar-refractivity contribution >= 4 is 23.8 Å². The smallest absolute Gasteiger partial charge is 0.416 e. The molecule has 0 aliphatic carbocycles. The van der Waals surface area contributed by atoms with E-state index in [1.807, 2.05) is 30.3 Å². The third-order valence-corrected chi connectivity index (χ3v) is 6.85. The zero-order valence-electron chi connectivity index (χ0n) is 21.9. The van der Waals surface area contributed by atoms with Crippen LogP contribution in [0.1, 0.15) is 38.3 Å². The van der Waals surface area contributed by atoms with Crippen molar-refractivity contribution < 1.29 is 28.8 Å². The summed E-state index contributed by atoms with van der Waals surface area (Å²) in [6.07, 6.45) is 0.0359. The Morgan fingerprint density at radius 1 is 1.13 bits per heavy atom. The predicted octanol–water partition coefficient (Wildman–Crippen LogP) is 4.60. The van der Waals surface area contributed by atoms with Crippen molar-refractivity contribution in [3.63, 3.8) is 0 Å². The van der Waals surface area contributed by atoms with Gasteiger partial charge in [-0.3, -0.25) is 14.9 Å². The summed E-state index contributed by atoms with van der Waals surface area (Å²) in [5.41, 5.74) is 0.858. The highest BCUT2D eigenvalue weighted by molar-refractivity contribution is 5.95. The number of rotatable bonds is 7. The highest BCUT2D eigenvalue weighted by Gasteiger charge is 2.45. The Morgan fingerprint density at radius 3 is 2.53 bits per heavy atom. The van der Waals surface area contributed by atoms with E-state index in [4.69, 9.17) is 9.47 Å². The van der Waals surface area contributed by atoms with Crippen LogP contribution < -0.4 is 0 Å². The van der Waals surface area contributed by atoms with Crippen molar-refractivity contribution in [2.45, 2.75) is 51.7 Å². The number of carbonyl (C=O) groups excluding carboxylic acids is 3. The number of benzene rings is 2. The van der Waals surface area contributed by atoms with Gasteiger partial charge in [0.1, 0.15) is 12.2 Å². The molecule has 3 amide bonds. The lowest BCUT2D eigenvalue weighted by molar-refractivity contribution is -0.384. The van der Waals surface area contributed by atoms with Gasteiger partial charge in [0.15, 0.2) is 0 Å². The fraction of sp³-hybridized carbons (Fsp3) is 0.464. The number of imide groups is 1. The van der Waals surface area contributed by atoms with E-state index in [9.17, 15) is 24.5 Å². The standard InChI is InChI=1S/C28H33N3O7/c1-28(2,3)38-26(33)29-13-12-21(17-29)24(16-20-10-7-11-22(15-20)31(35)36)25(32)30-23(18-37-27(30)34)14-19-8-5-4-6-9-19/h4-11,15,21,23-24H,12-14,16-18H2,1-3H3/t21-,23-,24?/m0/s1. The zero-order chi connectivity index (χ0) is 27.4. The van der Waals surface area contributed by atoms with Crippen LogP contribution in [-0.4, -0.2) is 64.2 Å². The average Bonchev–Trinajstić information content (AvgIpc) is 3.49. The molecule has 0 saturated carbocycles. The van der Waals surface area contributed by atoms with Crippen molar-refractivity contribution in [1.82, 2.24) is 9.80 Å². The lowest BCUT2D eigenvalue weighted by Gasteiger charge is -2.29. The molecule has 2 aliphatic rings. The molecular formula is C28H33N3O7. The minimum atomic E-state index is -0.693. The van der Waals surface area contributed by atoms with Gasteiger partial charge in [-0.15, -0.1) is 0 Å². The molecule has 202 valence electrons. The quantitative estimate of drug-likeness (QED) is 0.384. The summed E-state index contributed by atoms with van der Waals surface area (Å²) in [6, 6.07) is 15.3. The third-order valence-electron chi connectivity index (χ3n) is 6.85. The van der Waals surface area contributed by atoms with Crippen molar-refractivity contribution in [3.05, 3.63) is 75.8 Å². The molecule has 0 bridgehead atoms. The van der Waals surface area contributed by atoms with E-state index < -0.39 is 40.6 Å². The lowest BCUT2D eigenvalue weighted by atomic mass is 9.84. The van der Waals surface area contributed by atoms with E-state index in [1.165, 1.54) is 17.0 Å². The number of nitro groups is 1. The van der Waals surface area contributed by atoms with Crippen LogP contribution in [0.15, 0.2) is 54.6 Å². The summed E-state index contributed by atoms with van der Waals surface area (Å²) in [6.45, 7) is 6.16. The molecule has 4 rings (SSSR count). The summed E-state index contributed by atoms with van der Waals surface area (Å²) in [7, 11) is 0. The minimum absolute atomic E-state index is 0.0713. The maximum Gasteiger partial charge on any atom is 0.416 e. The van der Waals surface area contributed by atoms with Crippen LogP contribution in [0, 0.1) is 22.0 Å². The molecule has 0 radical (unpaired) electrons. The zero-order valence-corrected chi connectivity index (χ0v) is 21.9. The third kappa shape index (κ3) is 6.48. The number of likely N-dealkylation sites (tertiary alicyclic amines) is 1. The van der Waals surface area contributed by atoms with Crippen LogP contribution in [0.3, 0.4) is 0 Å². The van der Waals surface area contributed by atoms with Crippen molar-refractivity contribution in [1.29, 1.82) is 0 Å². The van der Waals surface area contributed by atoms with E-state index in [0.29, 0.717) is 24.9 Å². The number of hydrogen-bond donors (Lipinski definition) is 0. The van der Waals surface area contributed by atoms with Gasteiger partial charge in [-0.05, 0) is 57.1 Å². The highest BCUT2D eigenvalue weighted by Crippen LogP contribution is 2.32. The van der Waals surface area contributed by atoms with Gasteiger partial charge in [0.05, 0.1) is 11.0 Å². The van der Waals surface area contributed by atoms with E-state index >= 15 is 0 Å². The molecular weight excluding hydrogens is 490 g/mol. The first-order valence-electron chi connectivity index (χ1n) is 12.8. The fourth-order valence-corrected chi connectivity index (χ4v) is 5.06. The van der Waals surface area contributed by atoms with Crippen molar-refractivity contribution in [2.75, 3.05) is 19.7 Å². The molecule has 3 atom stereocenters. The molecule has 10 heteroatoms. The number of hydrogen-bond acceptors (Lipinski definition) is 7. The average molecular weight is 524 g/mol. The Bertz CT molecular complexity index is 1190. The summed E-state index contributed by atoms with van der Waals surface area (Å²) in [5, 5.41) is 11.3.